The van der Waals surface area contributed by atoms with E-state index in [1.54, 1.807) is 13.8 Å². The SMILES string of the molecule is CCOC(=O)c1cnc2oc(C(=O)OC)cc2c1SC.CCOC(=O)c1cnc2oc(C(N)=O)cc2c1SC.N. The number of esters is 3. The molecule has 0 atom stereocenters. The fourth-order valence-electron chi connectivity index (χ4n) is 3.40. The van der Waals surface area contributed by atoms with Crippen LogP contribution < -0.4 is 11.9 Å². The van der Waals surface area contributed by atoms with Crippen molar-refractivity contribution in [2.45, 2.75) is 23.6 Å². The summed E-state index contributed by atoms with van der Waals surface area (Å²) in [6.07, 6.45) is 6.40. The first kappa shape index (κ1) is 32.1. The van der Waals surface area contributed by atoms with Crippen LogP contribution in [-0.4, -0.2) is 66.6 Å². The number of carbonyl (C=O) groups excluding carboxylic acids is 4. The van der Waals surface area contributed by atoms with Crippen molar-refractivity contribution in [1.29, 1.82) is 0 Å². The number of fused-ring (bicyclic) bond motifs is 2. The van der Waals surface area contributed by atoms with Crippen molar-refractivity contribution in [2.75, 3.05) is 32.8 Å². The number of methoxy groups -OCH3 is 1. The number of primary amides is 1. The number of carbonyl (C=O) groups is 4. The molecule has 0 aliphatic carbocycles. The Morgan fingerprint density at radius 3 is 1.60 bits per heavy atom. The van der Waals surface area contributed by atoms with Crippen LogP contribution in [0.3, 0.4) is 0 Å². The van der Waals surface area contributed by atoms with E-state index in [1.807, 2.05) is 12.5 Å². The summed E-state index contributed by atoms with van der Waals surface area (Å²) in [4.78, 5) is 55.6. The molecule has 214 valence electrons. The lowest BCUT2D eigenvalue weighted by Gasteiger charge is -2.06. The molecule has 0 unspecified atom stereocenters. The van der Waals surface area contributed by atoms with Crippen LogP contribution in [0.1, 0.15) is 55.7 Å². The Kier molecular flexibility index (Phi) is 11.5. The highest BCUT2D eigenvalue weighted by atomic mass is 32.2. The minimum absolute atomic E-state index is 0. The normalized spacial score (nSPS) is 10.3. The van der Waals surface area contributed by atoms with Gasteiger partial charge in [0.2, 0.25) is 17.2 Å². The average molecular weight is 593 g/mol. The smallest absolute Gasteiger partial charge is 0.374 e. The van der Waals surface area contributed by atoms with E-state index in [4.69, 9.17) is 24.0 Å². The highest BCUT2D eigenvalue weighted by Crippen LogP contribution is 2.32. The number of thioether (sulfide) groups is 2. The first-order chi connectivity index (χ1) is 18.7. The molecule has 0 aliphatic rings. The first-order valence-corrected chi connectivity index (χ1v) is 13.8. The molecule has 4 aromatic rings. The number of rotatable bonds is 8. The molecule has 15 heteroatoms. The lowest BCUT2D eigenvalue weighted by molar-refractivity contribution is 0.0512. The Morgan fingerprint density at radius 2 is 1.23 bits per heavy atom. The quantitative estimate of drug-likeness (QED) is 0.164. The van der Waals surface area contributed by atoms with Crippen molar-refractivity contribution in [1.82, 2.24) is 16.1 Å². The molecule has 13 nitrogen and oxygen atoms in total. The van der Waals surface area contributed by atoms with Crippen molar-refractivity contribution >= 4 is 69.5 Å². The van der Waals surface area contributed by atoms with Gasteiger partial charge in [-0.2, -0.15) is 0 Å². The first-order valence-electron chi connectivity index (χ1n) is 11.4. The number of ether oxygens (including phenoxy) is 3. The van der Waals surface area contributed by atoms with Gasteiger partial charge >= 0.3 is 17.9 Å². The van der Waals surface area contributed by atoms with Gasteiger partial charge in [0.05, 0.1) is 42.2 Å². The van der Waals surface area contributed by atoms with Gasteiger partial charge in [0.1, 0.15) is 0 Å². The monoisotopic (exact) mass is 592 g/mol. The van der Waals surface area contributed by atoms with E-state index in [2.05, 4.69) is 14.7 Å². The molecule has 4 aromatic heterocycles. The summed E-state index contributed by atoms with van der Waals surface area (Å²) >= 11 is 2.71. The van der Waals surface area contributed by atoms with Gasteiger partial charge in [-0.3, -0.25) is 4.79 Å². The van der Waals surface area contributed by atoms with Gasteiger partial charge in [-0.1, -0.05) is 0 Å². The van der Waals surface area contributed by atoms with Gasteiger partial charge in [0.15, 0.2) is 5.76 Å². The molecule has 0 saturated heterocycles. The number of hydrogen-bond donors (Lipinski definition) is 2. The fraction of sp³-hybridized carbons (Fsp3) is 0.280. The van der Waals surface area contributed by atoms with Gasteiger partial charge < -0.3 is 34.9 Å². The number of hydrogen-bond acceptors (Lipinski definition) is 14. The van der Waals surface area contributed by atoms with Crippen molar-refractivity contribution < 1.29 is 42.2 Å². The summed E-state index contributed by atoms with van der Waals surface area (Å²) in [6, 6.07) is 3.00. The van der Waals surface area contributed by atoms with Crippen LogP contribution in [0.5, 0.6) is 0 Å². The fourth-order valence-corrected chi connectivity index (χ4v) is 4.85. The van der Waals surface area contributed by atoms with E-state index < -0.39 is 23.8 Å². The molecular weight excluding hydrogens is 564 g/mol. The highest BCUT2D eigenvalue weighted by molar-refractivity contribution is 7.99. The maximum atomic E-state index is 11.9. The van der Waals surface area contributed by atoms with E-state index in [-0.39, 0.29) is 42.3 Å². The maximum Gasteiger partial charge on any atom is 0.374 e. The van der Waals surface area contributed by atoms with Crippen LogP contribution in [0.2, 0.25) is 0 Å². The molecule has 40 heavy (non-hydrogen) atoms. The van der Waals surface area contributed by atoms with E-state index in [1.165, 1.54) is 55.2 Å². The van der Waals surface area contributed by atoms with Crippen LogP contribution in [0.25, 0.3) is 22.2 Å². The Labute approximate surface area is 237 Å². The number of amides is 1. The van der Waals surface area contributed by atoms with Crippen molar-refractivity contribution in [3.05, 3.63) is 47.2 Å². The minimum atomic E-state index is -0.678. The molecular formula is C25H28N4O9S2. The Morgan fingerprint density at radius 1 is 0.800 bits per heavy atom. The maximum absolute atomic E-state index is 11.9. The third kappa shape index (κ3) is 6.73. The standard InChI is InChI=1S/C13H13NO5S.C12H12N2O4S.H3N/c1-4-18-12(15)8-6-14-11-7(10(8)20-3)5-9(19-11)13(16)17-2;1-3-17-12(16)7-5-14-11-6(9(7)19-2)4-8(18-11)10(13)15;/h5-6H,4H2,1-3H3;4-5H,3H2,1-2H3,(H2,13,15);1H3. The number of furan rings is 2. The third-order valence-electron chi connectivity index (χ3n) is 5.05. The molecule has 4 heterocycles. The molecule has 0 radical (unpaired) electrons. The van der Waals surface area contributed by atoms with Gasteiger partial charge in [0, 0.05) is 34.3 Å². The second kappa shape index (κ2) is 14.3. The van der Waals surface area contributed by atoms with Crippen LogP contribution in [0.4, 0.5) is 0 Å². The average Bonchev–Trinajstić information content (AvgIpc) is 3.57. The molecule has 0 saturated carbocycles. The summed E-state index contributed by atoms with van der Waals surface area (Å²) in [5, 5.41) is 1.16. The van der Waals surface area contributed by atoms with Crippen LogP contribution in [-0.2, 0) is 14.2 Å². The Bertz CT molecular complexity index is 1550. The van der Waals surface area contributed by atoms with E-state index in [0.29, 0.717) is 31.7 Å². The topological polar surface area (TPSA) is 209 Å². The predicted molar refractivity (Wildman–Crippen MR) is 148 cm³/mol. The van der Waals surface area contributed by atoms with Crippen molar-refractivity contribution in [3.8, 4) is 0 Å². The van der Waals surface area contributed by atoms with Crippen LogP contribution >= 0.6 is 23.5 Å². The van der Waals surface area contributed by atoms with Crippen LogP contribution in [0.15, 0.2) is 43.2 Å². The van der Waals surface area contributed by atoms with Crippen molar-refractivity contribution in [2.24, 2.45) is 5.73 Å². The zero-order valence-electron chi connectivity index (χ0n) is 22.4. The summed E-state index contributed by atoms with van der Waals surface area (Å²) in [5.41, 5.74) is 6.40. The van der Waals surface area contributed by atoms with Gasteiger partial charge in [0.25, 0.3) is 5.91 Å². The lowest BCUT2D eigenvalue weighted by atomic mass is 10.2. The molecule has 0 spiro atoms. The van der Waals surface area contributed by atoms with E-state index in [9.17, 15) is 19.2 Å². The molecule has 0 bridgehead atoms. The third-order valence-corrected chi connectivity index (χ3v) is 6.75. The lowest BCUT2D eigenvalue weighted by Crippen LogP contribution is -2.09. The molecule has 4 rings (SSSR count). The summed E-state index contributed by atoms with van der Waals surface area (Å²) < 4.78 is 25.1. The Balaban J connectivity index is 0.000000274. The molecule has 0 aromatic carbocycles. The predicted octanol–water partition coefficient (Wildman–Crippen LogP) is 4.50. The number of pyridine rings is 2. The largest absolute Gasteiger partial charge is 0.463 e. The zero-order valence-corrected chi connectivity index (χ0v) is 24.0. The molecule has 0 aliphatic heterocycles. The minimum Gasteiger partial charge on any atom is -0.463 e. The second-order valence-electron chi connectivity index (χ2n) is 7.37. The van der Waals surface area contributed by atoms with Gasteiger partial charge in [-0.05, 0) is 26.4 Å². The Hall–Kier alpha value is -4.08. The number of aromatic nitrogens is 2. The molecule has 1 amide bonds. The number of nitrogens with two attached hydrogens (primary N) is 1. The number of nitrogens with zero attached hydrogens (tertiary/aromatic N) is 2. The van der Waals surface area contributed by atoms with Gasteiger partial charge in [-0.25, -0.2) is 24.4 Å². The zero-order chi connectivity index (χ0) is 28.7. The summed E-state index contributed by atoms with van der Waals surface area (Å²) in [6.45, 7) is 4.02. The van der Waals surface area contributed by atoms with Crippen molar-refractivity contribution in [3.63, 3.8) is 0 Å². The molecule has 5 N–H and O–H groups in total. The second-order valence-corrected chi connectivity index (χ2v) is 9.00. The summed E-state index contributed by atoms with van der Waals surface area (Å²) in [5.74, 6) is -2.12. The van der Waals surface area contributed by atoms with E-state index >= 15 is 0 Å². The van der Waals surface area contributed by atoms with Crippen LogP contribution in [0, 0.1) is 0 Å². The highest BCUT2D eigenvalue weighted by Gasteiger charge is 2.22. The molecule has 0 fully saturated rings. The van der Waals surface area contributed by atoms with E-state index in [0.717, 1.165) is 0 Å². The van der Waals surface area contributed by atoms with Gasteiger partial charge in [-0.15, -0.1) is 23.5 Å². The summed E-state index contributed by atoms with van der Waals surface area (Å²) in [7, 11) is 1.27.